The highest BCUT2D eigenvalue weighted by molar-refractivity contribution is 7.90. The van der Waals surface area contributed by atoms with Crippen molar-refractivity contribution in [1.29, 1.82) is 0 Å². The fraction of sp³-hybridized carbons (Fsp3) is 0.391. The zero-order valence-electron chi connectivity index (χ0n) is 18.2. The van der Waals surface area contributed by atoms with Crippen LogP contribution in [-0.4, -0.2) is 48.5 Å². The zero-order valence-corrected chi connectivity index (χ0v) is 19.0. The van der Waals surface area contributed by atoms with Crippen LogP contribution in [0.2, 0.25) is 0 Å². The summed E-state index contributed by atoms with van der Waals surface area (Å²) in [5.74, 6) is -0.0814. The molecule has 9 heteroatoms. The third kappa shape index (κ3) is 4.94. The molecule has 0 radical (unpaired) electrons. The number of aryl methyl sites for hydroxylation is 1. The first kappa shape index (κ1) is 22.3. The largest absolute Gasteiger partial charge is 0.459 e. The Hall–Kier alpha value is -2.91. The molecule has 1 aliphatic rings. The molecule has 1 aliphatic carbocycles. The number of amides is 1. The summed E-state index contributed by atoms with van der Waals surface area (Å²) < 4.78 is 38.6. The number of ether oxygens (including phenoxy) is 1. The quantitative estimate of drug-likeness (QED) is 0.464. The van der Waals surface area contributed by atoms with E-state index in [0.29, 0.717) is 24.4 Å². The predicted molar refractivity (Wildman–Crippen MR) is 118 cm³/mol. The van der Waals surface area contributed by atoms with Crippen molar-refractivity contribution in [2.75, 3.05) is 13.7 Å². The number of hydrogen-bond donors (Lipinski definition) is 0. The molecule has 1 saturated carbocycles. The number of sulfone groups is 1. The zero-order chi connectivity index (χ0) is 22.7. The number of hydrogen-bond acceptors (Lipinski definition) is 6. The first-order chi connectivity index (χ1) is 15.4. The number of methoxy groups -OCH3 is 1. The molecule has 2 aromatic heterocycles. The van der Waals surface area contributed by atoms with E-state index < -0.39 is 9.84 Å². The minimum Gasteiger partial charge on any atom is -0.459 e. The van der Waals surface area contributed by atoms with E-state index in [1.807, 2.05) is 31.2 Å². The van der Waals surface area contributed by atoms with E-state index >= 15 is 0 Å². The van der Waals surface area contributed by atoms with Crippen molar-refractivity contribution in [3.05, 3.63) is 71.4 Å². The van der Waals surface area contributed by atoms with Crippen LogP contribution in [0.4, 0.5) is 0 Å². The SMILES string of the molecule is COCCn1c(CN(C(=O)c2ccco2)C2CC2)cnc1S(=O)(=O)Cc1ccc(C)cc1. The van der Waals surface area contributed by atoms with Gasteiger partial charge in [0.15, 0.2) is 5.76 Å². The number of carbonyl (C=O) groups is 1. The molecule has 0 aliphatic heterocycles. The second-order valence-electron chi connectivity index (χ2n) is 8.06. The molecule has 170 valence electrons. The number of rotatable bonds is 10. The lowest BCUT2D eigenvalue weighted by Crippen LogP contribution is -2.33. The van der Waals surface area contributed by atoms with Crippen LogP contribution < -0.4 is 0 Å². The third-order valence-electron chi connectivity index (χ3n) is 5.49. The highest BCUT2D eigenvalue weighted by Crippen LogP contribution is 2.30. The van der Waals surface area contributed by atoms with Crippen molar-refractivity contribution in [2.45, 2.75) is 49.8 Å². The van der Waals surface area contributed by atoms with Gasteiger partial charge < -0.3 is 18.6 Å². The van der Waals surface area contributed by atoms with Crippen LogP contribution in [0.25, 0.3) is 0 Å². The van der Waals surface area contributed by atoms with E-state index in [1.54, 1.807) is 34.9 Å². The van der Waals surface area contributed by atoms with Crippen molar-refractivity contribution in [2.24, 2.45) is 0 Å². The predicted octanol–water partition coefficient (Wildman–Crippen LogP) is 3.21. The Morgan fingerprint density at radius 2 is 2.00 bits per heavy atom. The van der Waals surface area contributed by atoms with Gasteiger partial charge >= 0.3 is 0 Å². The summed E-state index contributed by atoms with van der Waals surface area (Å²) in [5, 5.41) is -0.00804. The molecule has 0 spiro atoms. The Balaban J connectivity index is 1.62. The summed E-state index contributed by atoms with van der Waals surface area (Å²) in [6.07, 6.45) is 4.84. The molecule has 0 bridgehead atoms. The van der Waals surface area contributed by atoms with Crippen molar-refractivity contribution in [3.8, 4) is 0 Å². The molecule has 1 aromatic carbocycles. The van der Waals surface area contributed by atoms with Gasteiger partial charge in [-0.25, -0.2) is 13.4 Å². The molecular formula is C23H27N3O5S. The van der Waals surface area contributed by atoms with Gasteiger partial charge in [0, 0.05) is 19.7 Å². The van der Waals surface area contributed by atoms with E-state index in [0.717, 1.165) is 18.4 Å². The maximum absolute atomic E-state index is 13.2. The van der Waals surface area contributed by atoms with E-state index in [-0.39, 0.29) is 35.2 Å². The Kier molecular flexibility index (Phi) is 6.48. The molecule has 1 amide bonds. The topological polar surface area (TPSA) is 94.6 Å². The molecule has 8 nitrogen and oxygen atoms in total. The van der Waals surface area contributed by atoms with Gasteiger partial charge in [0.2, 0.25) is 15.0 Å². The minimum absolute atomic E-state index is 0.00804. The van der Waals surface area contributed by atoms with Crippen LogP contribution in [0, 0.1) is 6.92 Å². The highest BCUT2D eigenvalue weighted by Gasteiger charge is 2.35. The lowest BCUT2D eigenvalue weighted by atomic mass is 10.2. The summed E-state index contributed by atoms with van der Waals surface area (Å²) in [4.78, 5) is 18.9. The van der Waals surface area contributed by atoms with Gasteiger partial charge in [-0.1, -0.05) is 29.8 Å². The molecule has 4 rings (SSSR count). The first-order valence-electron chi connectivity index (χ1n) is 10.5. The molecule has 3 aromatic rings. The van der Waals surface area contributed by atoms with Crippen LogP contribution >= 0.6 is 0 Å². The van der Waals surface area contributed by atoms with Gasteiger partial charge in [-0.2, -0.15) is 0 Å². The Bertz CT molecular complexity index is 1160. The molecule has 0 saturated heterocycles. The average Bonchev–Trinajstić information content (AvgIpc) is 3.29. The lowest BCUT2D eigenvalue weighted by molar-refractivity contribution is 0.0692. The molecule has 2 heterocycles. The maximum Gasteiger partial charge on any atom is 0.290 e. The number of nitrogens with zero attached hydrogens (tertiary/aromatic N) is 3. The van der Waals surface area contributed by atoms with Crippen LogP contribution in [0.3, 0.4) is 0 Å². The Morgan fingerprint density at radius 1 is 1.25 bits per heavy atom. The summed E-state index contributed by atoms with van der Waals surface area (Å²) >= 11 is 0. The average molecular weight is 458 g/mol. The molecule has 0 atom stereocenters. The minimum atomic E-state index is -3.70. The Labute approximate surface area is 187 Å². The van der Waals surface area contributed by atoms with Gasteiger partial charge in [0.05, 0.1) is 37.1 Å². The fourth-order valence-electron chi connectivity index (χ4n) is 3.63. The van der Waals surface area contributed by atoms with Crippen molar-refractivity contribution in [1.82, 2.24) is 14.5 Å². The summed E-state index contributed by atoms with van der Waals surface area (Å²) in [6, 6.07) is 10.8. The highest BCUT2D eigenvalue weighted by atomic mass is 32.2. The van der Waals surface area contributed by atoms with Crippen LogP contribution in [0.5, 0.6) is 0 Å². The third-order valence-corrected chi connectivity index (χ3v) is 7.08. The van der Waals surface area contributed by atoms with Gasteiger partial charge in [-0.15, -0.1) is 0 Å². The van der Waals surface area contributed by atoms with Crippen LogP contribution in [0.15, 0.2) is 58.4 Å². The van der Waals surface area contributed by atoms with Crippen molar-refractivity contribution in [3.63, 3.8) is 0 Å². The molecule has 32 heavy (non-hydrogen) atoms. The van der Waals surface area contributed by atoms with E-state index in [9.17, 15) is 13.2 Å². The number of carbonyl (C=O) groups excluding carboxylic acids is 1. The molecule has 0 unspecified atom stereocenters. The second kappa shape index (κ2) is 9.30. The van der Waals surface area contributed by atoms with E-state index in [4.69, 9.17) is 9.15 Å². The summed E-state index contributed by atoms with van der Waals surface area (Å²) in [6.45, 7) is 2.85. The van der Waals surface area contributed by atoms with Gasteiger partial charge in [0.25, 0.3) is 5.91 Å². The number of imidazole rings is 1. The number of furan rings is 1. The van der Waals surface area contributed by atoms with Gasteiger partial charge in [-0.3, -0.25) is 4.79 Å². The Morgan fingerprint density at radius 3 is 2.62 bits per heavy atom. The van der Waals surface area contributed by atoms with E-state index in [2.05, 4.69) is 4.98 Å². The standard InChI is InChI=1S/C23H27N3O5S/c1-17-5-7-18(8-6-17)16-32(28,29)23-24-14-20(25(23)11-13-30-2)15-26(19-9-10-19)22(27)21-4-3-12-31-21/h3-8,12,14,19H,9-11,13,15-16H2,1-2H3. The molecule has 1 fully saturated rings. The van der Waals surface area contributed by atoms with Gasteiger partial charge in [0.1, 0.15) is 0 Å². The second-order valence-corrected chi connectivity index (χ2v) is 9.95. The molecule has 0 N–H and O–H groups in total. The lowest BCUT2D eigenvalue weighted by Gasteiger charge is -2.22. The van der Waals surface area contributed by atoms with Crippen molar-refractivity contribution >= 4 is 15.7 Å². The normalized spacial score (nSPS) is 13.9. The maximum atomic E-state index is 13.2. The fourth-order valence-corrected chi connectivity index (χ4v) is 5.14. The number of benzene rings is 1. The monoisotopic (exact) mass is 457 g/mol. The summed E-state index contributed by atoms with van der Waals surface area (Å²) in [7, 11) is -2.13. The van der Waals surface area contributed by atoms with Gasteiger partial charge in [-0.05, 0) is 37.5 Å². The first-order valence-corrected chi connectivity index (χ1v) is 12.2. The number of aromatic nitrogens is 2. The van der Waals surface area contributed by atoms with E-state index in [1.165, 1.54) is 6.26 Å². The summed E-state index contributed by atoms with van der Waals surface area (Å²) in [5.41, 5.74) is 2.42. The van der Waals surface area contributed by atoms with Crippen LogP contribution in [-0.2, 0) is 33.4 Å². The smallest absolute Gasteiger partial charge is 0.290 e. The van der Waals surface area contributed by atoms with Crippen molar-refractivity contribution < 1.29 is 22.4 Å². The van der Waals surface area contributed by atoms with Crippen LogP contribution in [0.1, 0.15) is 40.2 Å². The molecular weight excluding hydrogens is 430 g/mol.